The molecule has 0 aliphatic rings. The van der Waals surface area contributed by atoms with E-state index in [0.29, 0.717) is 0 Å². The van der Waals surface area contributed by atoms with Crippen LogP contribution in [0.1, 0.15) is 10.4 Å². The number of pyridine rings is 1. The van der Waals surface area contributed by atoms with E-state index in [-0.39, 0.29) is 33.4 Å². The Morgan fingerprint density at radius 3 is 2.33 bits per heavy atom. The van der Waals surface area contributed by atoms with Crippen molar-refractivity contribution in [3.8, 4) is 11.8 Å². The summed E-state index contributed by atoms with van der Waals surface area (Å²) in [7, 11) is 2.87. The molecule has 0 radical (unpaired) electrons. The van der Waals surface area contributed by atoms with Crippen molar-refractivity contribution < 1.29 is 14.3 Å². The predicted octanol–water partition coefficient (Wildman–Crippen LogP) is 2.45. The number of nitrogens with zero attached hydrogens (tertiary/aromatic N) is 3. The number of nitrogens with one attached hydrogen (secondary N) is 1. The van der Waals surface area contributed by atoms with Gasteiger partial charge in [-0.2, -0.15) is 9.97 Å². The molecular formula is C12H10Cl2N4O3. The summed E-state index contributed by atoms with van der Waals surface area (Å²) >= 11 is 11.6. The van der Waals surface area contributed by atoms with E-state index in [9.17, 15) is 4.79 Å². The maximum atomic E-state index is 12.1. The van der Waals surface area contributed by atoms with E-state index in [0.717, 1.165) is 0 Å². The number of anilines is 1. The van der Waals surface area contributed by atoms with Crippen molar-refractivity contribution in [1.29, 1.82) is 0 Å². The molecule has 0 atom stereocenters. The Morgan fingerprint density at radius 1 is 1.14 bits per heavy atom. The van der Waals surface area contributed by atoms with E-state index >= 15 is 0 Å². The number of amides is 1. The fourth-order valence-electron chi connectivity index (χ4n) is 1.43. The van der Waals surface area contributed by atoms with Crippen molar-refractivity contribution in [2.75, 3.05) is 19.5 Å². The lowest BCUT2D eigenvalue weighted by atomic mass is 10.2. The van der Waals surface area contributed by atoms with Crippen LogP contribution in [0.4, 0.5) is 5.95 Å². The smallest absolute Gasteiger partial charge is 0.259 e. The zero-order valence-electron chi connectivity index (χ0n) is 11.1. The minimum Gasteiger partial charge on any atom is -0.481 e. The molecule has 2 aromatic rings. The van der Waals surface area contributed by atoms with Gasteiger partial charge < -0.3 is 9.47 Å². The zero-order valence-corrected chi connectivity index (χ0v) is 12.6. The second-order valence-corrected chi connectivity index (χ2v) is 4.51. The van der Waals surface area contributed by atoms with Crippen molar-refractivity contribution in [2.45, 2.75) is 0 Å². The summed E-state index contributed by atoms with van der Waals surface area (Å²) < 4.78 is 9.98. The molecule has 1 amide bonds. The number of carbonyl (C=O) groups is 1. The molecule has 9 heteroatoms. The third-order valence-corrected chi connectivity index (χ3v) is 2.90. The maximum Gasteiger partial charge on any atom is 0.259 e. The van der Waals surface area contributed by atoms with Gasteiger partial charge in [-0.3, -0.25) is 10.1 Å². The number of carbonyl (C=O) groups excluding carboxylic acids is 1. The third kappa shape index (κ3) is 3.71. The molecule has 0 saturated heterocycles. The van der Waals surface area contributed by atoms with Gasteiger partial charge in [0.2, 0.25) is 17.7 Å². The first kappa shape index (κ1) is 15.3. The van der Waals surface area contributed by atoms with E-state index in [1.165, 1.54) is 32.5 Å². The van der Waals surface area contributed by atoms with Gasteiger partial charge in [-0.1, -0.05) is 23.2 Å². The molecule has 0 unspecified atom stereocenters. The van der Waals surface area contributed by atoms with Crippen LogP contribution in [0.2, 0.25) is 10.2 Å². The van der Waals surface area contributed by atoms with E-state index in [1.54, 1.807) is 0 Å². The summed E-state index contributed by atoms with van der Waals surface area (Å²) in [5, 5.41) is 2.79. The summed E-state index contributed by atoms with van der Waals surface area (Å²) in [4.78, 5) is 23.9. The zero-order chi connectivity index (χ0) is 15.4. The van der Waals surface area contributed by atoms with Gasteiger partial charge in [0.1, 0.15) is 5.15 Å². The van der Waals surface area contributed by atoms with Gasteiger partial charge in [0, 0.05) is 6.20 Å². The molecule has 2 rings (SSSR count). The minimum absolute atomic E-state index is 0.0141. The molecule has 0 fully saturated rings. The van der Waals surface area contributed by atoms with Gasteiger partial charge in [-0.15, -0.1) is 0 Å². The highest BCUT2D eigenvalue weighted by Crippen LogP contribution is 2.21. The van der Waals surface area contributed by atoms with Gasteiger partial charge in [-0.25, -0.2) is 4.98 Å². The summed E-state index contributed by atoms with van der Waals surface area (Å²) in [6, 6.07) is 2.82. The molecule has 0 aliphatic carbocycles. The lowest BCUT2D eigenvalue weighted by molar-refractivity contribution is 0.102. The molecule has 1 N–H and O–H groups in total. The van der Waals surface area contributed by atoms with Crippen LogP contribution >= 0.6 is 23.2 Å². The molecule has 2 aromatic heterocycles. The number of rotatable bonds is 4. The summed E-state index contributed by atoms with van der Waals surface area (Å²) in [5.74, 6) is -0.0215. The number of ether oxygens (including phenoxy) is 2. The first-order valence-electron chi connectivity index (χ1n) is 5.63. The number of methoxy groups -OCH3 is 2. The van der Waals surface area contributed by atoms with Crippen molar-refractivity contribution >= 4 is 35.1 Å². The van der Waals surface area contributed by atoms with Gasteiger partial charge in [0.15, 0.2) is 0 Å². The van der Waals surface area contributed by atoms with Crippen molar-refractivity contribution in [3.05, 3.63) is 34.1 Å². The normalized spacial score (nSPS) is 10.1. The fraction of sp³-hybridized carbons (Fsp3) is 0.167. The standard InChI is InChI=1S/C12H10Cl2N4O3/c1-20-9-4-10(21-2)17-12(16-9)18-11(19)6-3-8(14)15-5-7(6)13/h3-5H,1-2H3,(H,16,17,18,19). The van der Waals surface area contributed by atoms with Gasteiger partial charge >= 0.3 is 0 Å². The Kier molecular flexibility index (Phi) is 4.77. The van der Waals surface area contributed by atoms with E-state index in [4.69, 9.17) is 32.7 Å². The molecule has 0 saturated carbocycles. The van der Waals surface area contributed by atoms with Crippen molar-refractivity contribution in [3.63, 3.8) is 0 Å². The van der Waals surface area contributed by atoms with Crippen LogP contribution in [0.15, 0.2) is 18.3 Å². The average molecular weight is 329 g/mol. The molecule has 0 spiro atoms. The average Bonchev–Trinajstić information content (AvgIpc) is 2.49. The largest absolute Gasteiger partial charge is 0.481 e. The minimum atomic E-state index is -0.528. The molecule has 0 bridgehead atoms. The van der Waals surface area contributed by atoms with Crippen LogP contribution in [-0.2, 0) is 0 Å². The van der Waals surface area contributed by atoms with Gasteiger partial charge in [-0.05, 0) is 6.07 Å². The van der Waals surface area contributed by atoms with Gasteiger partial charge in [0.05, 0.1) is 30.9 Å². The van der Waals surface area contributed by atoms with Crippen molar-refractivity contribution in [1.82, 2.24) is 15.0 Å². The van der Waals surface area contributed by atoms with Gasteiger partial charge in [0.25, 0.3) is 5.91 Å². The summed E-state index contributed by atoms with van der Waals surface area (Å²) in [5.41, 5.74) is 0.155. The first-order valence-corrected chi connectivity index (χ1v) is 6.38. The van der Waals surface area contributed by atoms with E-state index in [1.807, 2.05) is 0 Å². The SMILES string of the molecule is COc1cc(OC)nc(NC(=O)c2cc(Cl)ncc2Cl)n1. The highest BCUT2D eigenvalue weighted by Gasteiger charge is 2.14. The third-order valence-electron chi connectivity index (χ3n) is 2.39. The Balaban J connectivity index is 2.28. The lowest BCUT2D eigenvalue weighted by Crippen LogP contribution is -2.15. The van der Waals surface area contributed by atoms with E-state index in [2.05, 4.69) is 20.3 Å². The van der Waals surface area contributed by atoms with E-state index < -0.39 is 5.91 Å². The second-order valence-electron chi connectivity index (χ2n) is 3.72. The topological polar surface area (TPSA) is 86.2 Å². The Morgan fingerprint density at radius 2 is 1.76 bits per heavy atom. The van der Waals surface area contributed by atoms with Crippen molar-refractivity contribution in [2.24, 2.45) is 0 Å². The van der Waals surface area contributed by atoms with Crippen LogP contribution in [0.25, 0.3) is 0 Å². The molecule has 0 aliphatic heterocycles. The van der Waals surface area contributed by atoms with Crippen LogP contribution in [0.5, 0.6) is 11.8 Å². The molecular weight excluding hydrogens is 319 g/mol. The van der Waals surface area contributed by atoms with Crippen LogP contribution in [0.3, 0.4) is 0 Å². The first-order chi connectivity index (χ1) is 10.0. The number of hydrogen-bond acceptors (Lipinski definition) is 6. The molecule has 21 heavy (non-hydrogen) atoms. The Labute approximate surface area is 130 Å². The van der Waals surface area contributed by atoms with Crippen LogP contribution in [0, 0.1) is 0 Å². The molecule has 2 heterocycles. The lowest BCUT2D eigenvalue weighted by Gasteiger charge is -2.08. The quantitative estimate of drug-likeness (QED) is 0.867. The predicted molar refractivity (Wildman–Crippen MR) is 77.3 cm³/mol. The van der Waals surface area contributed by atoms with Crippen LogP contribution < -0.4 is 14.8 Å². The molecule has 0 aromatic carbocycles. The summed E-state index contributed by atoms with van der Waals surface area (Å²) in [6.45, 7) is 0. The highest BCUT2D eigenvalue weighted by atomic mass is 35.5. The number of aromatic nitrogens is 3. The number of halogens is 2. The van der Waals surface area contributed by atoms with Crippen LogP contribution in [-0.4, -0.2) is 35.1 Å². The molecule has 7 nitrogen and oxygen atoms in total. The number of hydrogen-bond donors (Lipinski definition) is 1. The highest BCUT2D eigenvalue weighted by molar-refractivity contribution is 6.35. The second kappa shape index (κ2) is 6.55. The fourth-order valence-corrected chi connectivity index (χ4v) is 1.77. The Hall–Kier alpha value is -2.12. The maximum absolute atomic E-state index is 12.1. The summed E-state index contributed by atoms with van der Waals surface area (Å²) in [6.07, 6.45) is 1.28. The monoisotopic (exact) mass is 328 g/mol. The Bertz CT molecular complexity index is 659. The molecule has 110 valence electrons.